The third-order valence-electron chi connectivity index (χ3n) is 4.99. The zero-order valence-electron chi connectivity index (χ0n) is 11.2. The third-order valence-corrected chi connectivity index (χ3v) is 4.99. The first-order chi connectivity index (χ1) is 9.18. The van der Waals surface area contributed by atoms with Gasteiger partial charge in [0.25, 0.3) is 0 Å². The molecule has 1 saturated carbocycles. The zero-order valence-corrected chi connectivity index (χ0v) is 11.2. The first kappa shape index (κ1) is 12.9. The molecule has 4 atom stereocenters. The lowest BCUT2D eigenvalue weighted by molar-refractivity contribution is -0.150. The highest BCUT2D eigenvalue weighted by atomic mass is 16.4. The molecular formula is C14H22N2O3. The molecule has 19 heavy (non-hydrogen) atoms. The Morgan fingerprint density at radius 1 is 1.11 bits per heavy atom. The Hall–Kier alpha value is -1.10. The predicted octanol–water partition coefficient (Wildman–Crippen LogP) is 0.983. The van der Waals surface area contributed by atoms with Crippen molar-refractivity contribution in [1.82, 2.24) is 10.2 Å². The van der Waals surface area contributed by atoms with Crippen LogP contribution in [0.25, 0.3) is 0 Å². The topological polar surface area (TPSA) is 69.6 Å². The van der Waals surface area contributed by atoms with Gasteiger partial charge in [0.2, 0.25) is 5.91 Å². The molecule has 3 aliphatic rings. The van der Waals surface area contributed by atoms with Crippen molar-refractivity contribution in [3.05, 3.63) is 0 Å². The summed E-state index contributed by atoms with van der Waals surface area (Å²) in [6.07, 6.45) is 6.86. The van der Waals surface area contributed by atoms with Crippen LogP contribution in [0.3, 0.4) is 0 Å². The molecule has 4 unspecified atom stereocenters. The molecular weight excluding hydrogens is 244 g/mol. The van der Waals surface area contributed by atoms with E-state index in [9.17, 15) is 14.7 Å². The molecule has 5 heteroatoms. The molecule has 1 amide bonds. The number of hydrogen-bond donors (Lipinski definition) is 2. The van der Waals surface area contributed by atoms with Crippen LogP contribution >= 0.6 is 0 Å². The molecule has 0 spiro atoms. The SMILES string of the molecule is O=C(O)C1CC2CCCCC2N1C(=O)C1CCCN1. The van der Waals surface area contributed by atoms with Crippen LogP contribution in [0.5, 0.6) is 0 Å². The van der Waals surface area contributed by atoms with Crippen LogP contribution in [0.2, 0.25) is 0 Å². The second kappa shape index (κ2) is 5.12. The fourth-order valence-electron chi connectivity index (χ4n) is 4.07. The zero-order chi connectivity index (χ0) is 13.4. The summed E-state index contributed by atoms with van der Waals surface area (Å²) in [5.74, 6) is -0.403. The fraction of sp³-hybridized carbons (Fsp3) is 0.857. The van der Waals surface area contributed by atoms with Gasteiger partial charge in [0, 0.05) is 6.04 Å². The van der Waals surface area contributed by atoms with E-state index >= 15 is 0 Å². The summed E-state index contributed by atoms with van der Waals surface area (Å²) < 4.78 is 0. The summed E-state index contributed by atoms with van der Waals surface area (Å²) in [5.41, 5.74) is 0. The van der Waals surface area contributed by atoms with Crippen molar-refractivity contribution in [2.75, 3.05) is 6.54 Å². The minimum absolute atomic E-state index is 0.0271. The molecule has 5 nitrogen and oxygen atoms in total. The van der Waals surface area contributed by atoms with E-state index in [2.05, 4.69) is 5.32 Å². The van der Waals surface area contributed by atoms with E-state index in [0.29, 0.717) is 12.3 Å². The first-order valence-electron chi connectivity index (χ1n) is 7.47. The van der Waals surface area contributed by atoms with Gasteiger partial charge in [0.1, 0.15) is 6.04 Å². The summed E-state index contributed by atoms with van der Waals surface area (Å²) in [6.45, 7) is 0.871. The minimum atomic E-state index is -0.833. The van der Waals surface area contributed by atoms with Crippen LogP contribution < -0.4 is 5.32 Å². The van der Waals surface area contributed by atoms with Gasteiger partial charge in [0.05, 0.1) is 6.04 Å². The maximum atomic E-state index is 12.6. The summed E-state index contributed by atoms with van der Waals surface area (Å²) >= 11 is 0. The van der Waals surface area contributed by atoms with Crippen LogP contribution in [0, 0.1) is 5.92 Å². The number of carboxylic acids is 1. The van der Waals surface area contributed by atoms with Crippen molar-refractivity contribution in [2.45, 2.75) is 63.1 Å². The Morgan fingerprint density at radius 3 is 2.58 bits per heavy atom. The van der Waals surface area contributed by atoms with Crippen molar-refractivity contribution in [3.8, 4) is 0 Å². The highest BCUT2D eigenvalue weighted by Gasteiger charge is 2.48. The van der Waals surface area contributed by atoms with Gasteiger partial charge in [-0.1, -0.05) is 12.8 Å². The van der Waals surface area contributed by atoms with Gasteiger partial charge in [-0.2, -0.15) is 0 Å². The quantitative estimate of drug-likeness (QED) is 0.782. The van der Waals surface area contributed by atoms with E-state index in [0.717, 1.165) is 38.6 Å². The molecule has 2 saturated heterocycles. The summed E-state index contributed by atoms with van der Waals surface area (Å²) in [5, 5.41) is 12.6. The molecule has 1 aliphatic carbocycles. The number of amides is 1. The number of likely N-dealkylation sites (tertiary alicyclic amines) is 1. The van der Waals surface area contributed by atoms with Gasteiger partial charge in [-0.25, -0.2) is 4.79 Å². The van der Waals surface area contributed by atoms with Crippen molar-refractivity contribution < 1.29 is 14.7 Å². The number of rotatable bonds is 2. The number of fused-ring (bicyclic) bond motifs is 1. The molecule has 0 aromatic heterocycles. The van der Waals surface area contributed by atoms with Crippen molar-refractivity contribution in [2.24, 2.45) is 5.92 Å². The molecule has 3 rings (SSSR count). The lowest BCUT2D eigenvalue weighted by Gasteiger charge is -2.34. The number of carbonyl (C=O) groups excluding carboxylic acids is 1. The van der Waals surface area contributed by atoms with E-state index in [1.807, 2.05) is 0 Å². The Kier molecular flexibility index (Phi) is 3.48. The Balaban J connectivity index is 1.81. The monoisotopic (exact) mass is 266 g/mol. The molecule has 0 aromatic rings. The molecule has 2 aliphatic heterocycles. The second-order valence-corrected chi connectivity index (χ2v) is 6.10. The van der Waals surface area contributed by atoms with Crippen LogP contribution in [-0.2, 0) is 9.59 Å². The van der Waals surface area contributed by atoms with Gasteiger partial charge < -0.3 is 15.3 Å². The largest absolute Gasteiger partial charge is 0.480 e. The average molecular weight is 266 g/mol. The maximum absolute atomic E-state index is 12.6. The van der Waals surface area contributed by atoms with E-state index in [4.69, 9.17) is 0 Å². The van der Waals surface area contributed by atoms with Crippen LogP contribution in [0.15, 0.2) is 0 Å². The van der Waals surface area contributed by atoms with Gasteiger partial charge in [0.15, 0.2) is 0 Å². The summed E-state index contributed by atoms with van der Waals surface area (Å²) in [4.78, 5) is 25.8. The number of nitrogens with zero attached hydrogens (tertiary/aromatic N) is 1. The first-order valence-corrected chi connectivity index (χ1v) is 7.47. The Bertz CT molecular complexity index is 379. The lowest BCUT2D eigenvalue weighted by atomic mass is 9.84. The minimum Gasteiger partial charge on any atom is -0.480 e. The number of carbonyl (C=O) groups is 2. The highest BCUT2D eigenvalue weighted by molar-refractivity contribution is 5.88. The average Bonchev–Trinajstić information content (AvgIpc) is 3.05. The van der Waals surface area contributed by atoms with E-state index in [-0.39, 0.29) is 18.0 Å². The van der Waals surface area contributed by atoms with E-state index < -0.39 is 12.0 Å². The summed E-state index contributed by atoms with van der Waals surface area (Å²) in [6, 6.07) is -0.574. The Labute approximate surface area is 113 Å². The molecule has 0 aromatic carbocycles. The van der Waals surface area contributed by atoms with Crippen LogP contribution in [0.4, 0.5) is 0 Å². The number of aliphatic carboxylic acids is 1. The van der Waals surface area contributed by atoms with Gasteiger partial charge in [-0.3, -0.25) is 4.79 Å². The number of nitrogens with one attached hydrogen (secondary N) is 1. The molecule has 3 fully saturated rings. The normalized spacial score (nSPS) is 38.2. The van der Waals surface area contributed by atoms with Crippen LogP contribution in [0.1, 0.15) is 44.9 Å². The second-order valence-electron chi connectivity index (χ2n) is 6.10. The molecule has 0 radical (unpaired) electrons. The standard InChI is InChI=1S/C14H22N2O3/c17-13(10-5-3-7-15-10)16-11-6-2-1-4-9(11)8-12(16)14(18)19/h9-12,15H,1-8H2,(H,18,19). The van der Waals surface area contributed by atoms with Crippen molar-refractivity contribution >= 4 is 11.9 Å². The molecule has 2 N–H and O–H groups in total. The third kappa shape index (κ3) is 2.24. The van der Waals surface area contributed by atoms with Crippen molar-refractivity contribution in [3.63, 3.8) is 0 Å². The van der Waals surface area contributed by atoms with Gasteiger partial charge in [-0.15, -0.1) is 0 Å². The van der Waals surface area contributed by atoms with E-state index in [1.54, 1.807) is 4.90 Å². The molecule has 2 heterocycles. The highest BCUT2D eigenvalue weighted by Crippen LogP contribution is 2.40. The summed E-state index contributed by atoms with van der Waals surface area (Å²) in [7, 11) is 0. The van der Waals surface area contributed by atoms with Gasteiger partial charge >= 0.3 is 5.97 Å². The fourth-order valence-corrected chi connectivity index (χ4v) is 4.07. The number of carboxylic acid groups (broad SMARTS) is 1. The Morgan fingerprint density at radius 2 is 1.89 bits per heavy atom. The molecule has 106 valence electrons. The van der Waals surface area contributed by atoms with Gasteiger partial charge in [-0.05, 0) is 44.6 Å². The van der Waals surface area contributed by atoms with Crippen LogP contribution in [-0.4, -0.2) is 46.6 Å². The molecule has 0 bridgehead atoms. The maximum Gasteiger partial charge on any atom is 0.326 e. The van der Waals surface area contributed by atoms with Crippen molar-refractivity contribution in [1.29, 1.82) is 0 Å². The predicted molar refractivity (Wildman–Crippen MR) is 69.7 cm³/mol. The smallest absolute Gasteiger partial charge is 0.326 e. The number of hydrogen-bond acceptors (Lipinski definition) is 3. The van der Waals surface area contributed by atoms with E-state index in [1.165, 1.54) is 6.42 Å². The lowest BCUT2D eigenvalue weighted by Crippen LogP contribution is -2.52.